The molecule has 5 heteroatoms. The highest BCUT2D eigenvalue weighted by atomic mass is 16.2. The minimum Gasteiger partial charge on any atom is -0.294 e. The number of carbonyl (C=O) groups excluding carboxylic acids is 3. The number of rotatable bonds is 5. The van der Waals surface area contributed by atoms with E-state index < -0.39 is 0 Å². The van der Waals surface area contributed by atoms with Gasteiger partial charge in [0.1, 0.15) is 0 Å². The molecule has 0 unspecified atom stereocenters. The molecule has 1 saturated carbocycles. The van der Waals surface area contributed by atoms with Gasteiger partial charge in [0.15, 0.2) is 5.78 Å². The van der Waals surface area contributed by atoms with Crippen LogP contribution >= 0.6 is 0 Å². The fraction of sp³-hybridized carbons (Fsp3) is 0.278. The molecule has 0 heterocycles. The van der Waals surface area contributed by atoms with Crippen molar-refractivity contribution in [2.24, 2.45) is 5.92 Å². The van der Waals surface area contributed by atoms with Gasteiger partial charge in [-0.15, -0.1) is 0 Å². The molecule has 2 aromatic rings. The number of hydrogen-bond acceptors (Lipinski definition) is 3. The Kier molecular flexibility index (Phi) is 4.37. The molecule has 0 bridgehead atoms. The maximum Gasteiger partial charge on any atom is 0.241 e. The second kappa shape index (κ2) is 6.60. The van der Waals surface area contributed by atoms with Crippen molar-refractivity contribution in [2.45, 2.75) is 25.7 Å². The topological polar surface area (TPSA) is 75.3 Å². The lowest BCUT2D eigenvalue weighted by Gasteiger charge is -2.06. The highest BCUT2D eigenvalue weighted by Gasteiger charge is 2.29. The standard InChI is InChI=1S/C18H18N2O3/c21-16(9-10-17(22)19-20-18(23)13-6-7-13)15-8-5-12-3-1-2-4-14(12)11-15/h1-5,8,11,13H,6-7,9-10H2,(H,19,22)(H,20,23). The smallest absolute Gasteiger partial charge is 0.241 e. The fourth-order valence-electron chi connectivity index (χ4n) is 2.38. The molecule has 23 heavy (non-hydrogen) atoms. The Morgan fingerprint density at radius 1 is 0.913 bits per heavy atom. The number of nitrogens with one attached hydrogen (secondary N) is 2. The number of amides is 2. The normalized spacial score (nSPS) is 13.6. The third-order valence-corrected chi connectivity index (χ3v) is 3.92. The van der Waals surface area contributed by atoms with Crippen LogP contribution in [0.1, 0.15) is 36.0 Å². The molecular formula is C18H18N2O3. The number of hydrazine groups is 1. The summed E-state index contributed by atoms with van der Waals surface area (Å²) in [6.45, 7) is 0. The number of carbonyl (C=O) groups is 3. The fourth-order valence-corrected chi connectivity index (χ4v) is 2.38. The van der Waals surface area contributed by atoms with Crippen LogP contribution in [0.25, 0.3) is 10.8 Å². The van der Waals surface area contributed by atoms with Crippen LogP contribution < -0.4 is 10.9 Å². The van der Waals surface area contributed by atoms with Crippen molar-refractivity contribution in [3.8, 4) is 0 Å². The van der Waals surface area contributed by atoms with E-state index in [4.69, 9.17) is 0 Å². The maximum absolute atomic E-state index is 12.2. The van der Waals surface area contributed by atoms with E-state index in [0.29, 0.717) is 5.56 Å². The van der Waals surface area contributed by atoms with E-state index in [0.717, 1.165) is 23.6 Å². The Labute approximate surface area is 134 Å². The van der Waals surface area contributed by atoms with Gasteiger partial charge in [-0.2, -0.15) is 0 Å². The first-order valence-electron chi connectivity index (χ1n) is 7.74. The number of Topliss-reactive ketones (excluding diaryl/α,β-unsaturated/α-hetero) is 1. The van der Waals surface area contributed by atoms with Crippen LogP contribution in [0.4, 0.5) is 0 Å². The monoisotopic (exact) mass is 310 g/mol. The van der Waals surface area contributed by atoms with Gasteiger partial charge in [0, 0.05) is 24.3 Å². The molecule has 2 N–H and O–H groups in total. The molecule has 0 spiro atoms. The van der Waals surface area contributed by atoms with E-state index in [1.54, 1.807) is 6.07 Å². The third-order valence-electron chi connectivity index (χ3n) is 3.92. The maximum atomic E-state index is 12.2. The third kappa shape index (κ3) is 3.94. The van der Waals surface area contributed by atoms with Gasteiger partial charge >= 0.3 is 0 Å². The van der Waals surface area contributed by atoms with Crippen molar-refractivity contribution in [1.82, 2.24) is 10.9 Å². The van der Waals surface area contributed by atoms with Crippen molar-refractivity contribution in [1.29, 1.82) is 0 Å². The molecule has 2 amide bonds. The summed E-state index contributed by atoms with van der Waals surface area (Å²) >= 11 is 0. The lowest BCUT2D eigenvalue weighted by atomic mass is 10.0. The van der Waals surface area contributed by atoms with Gasteiger partial charge < -0.3 is 0 Å². The van der Waals surface area contributed by atoms with Gasteiger partial charge in [-0.3, -0.25) is 25.2 Å². The molecule has 0 aromatic heterocycles. The number of benzene rings is 2. The van der Waals surface area contributed by atoms with Crippen LogP contribution in [-0.2, 0) is 9.59 Å². The molecule has 2 aromatic carbocycles. The van der Waals surface area contributed by atoms with Gasteiger partial charge in [0.25, 0.3) is 0 Å². The van der Waals surface area contributed by atoms with Crippen LogP contribution in [0.5, 0.6) is 0 Å². The first-order chi connectivity index (χ1) is 11.1. The SMILES string of the molecule is O=C(CCC(=O)c1ccc2ccccc2c1)NNC(=O)C1CC1. The summed E-state index contributed by atoms with van der Waals surface area (Å²) < 4.78 is 0. The summed E-state index contributed by atoms with van der Waals surface area (Å²) in [5.41, 5.74) is 5.33. The molecular weight excluding hydrogens is 292 g/mol. The molecule has 3 rings (SSSR count). The van der Waals surface area contributed by atoms with Gasteiger partial charge in [0.05, 0.1) is 0 Å². The van der Waals surface area contributed by atoms with Gasteiger partial charge in [-0.05, 0) is 29.7 Å². The predicted octanol–water partition coefficient (Wildman–Crippen LogP) is 2.36. The van der Waals surface area contributed by atoms with Crippen molar-refractivity contribution in [2.75, 3.05) is 0 Å². The first kappa shape index (κ1) is 15.2. The van der Waals surface area contributed by atoms with Gasteiger partial charge in [0.2, 0.25) is 11.8 Å². The molecule has 0 aliphatic heterocycles. The Bertz CT molecular complexity index is 766. The molecule has 0 atom stereocenters. The second-order valence-corrected chi connectivity index (χ2v) is 5.80. The summed E-state index contributed by atoms with van der Waals surface area (Å²) in [7, 11) is 0. The molecule has 5 nitrogen and oxygen atoms in total. The van der Waals surface area contributed by atoms with Crippen molar-refractivity contribution in [3.63, 3.8) is 0 Å². The molecule has 118 valence electrons. The van der Waals surface area contributed by atoms with E-state index in [9.17, 15) is 14.4 Å². The average Bonchev–Trinajstić information content (AvgIpc) is 3.42. The summed E-state index contributed by atoms with van der Waals surface area (Å²) in [6.07, 6.45) is 1.92. The second-order valence-electron chi connectivity index (χ2n) is 5.80. The molecule has 0 saturated heterocycles. The molecule has 1 fully saturated rings. The van der Waals surface area contributed by atoms with E-state index in [1.807, 2.05) is 36.4 Å². The quantitative estimate of drug-likeness (QED) is 0.657. The highest BCUT2D eigenvalue weighted by molar-refractivity contribution is 6.01. The summed E-state index contributed by atoms with van der Waals surface area (Å²) in [6, 6.07) is 13.3. The lowest BCUT2D eigenvalue weighted by Crippen LogP contribution is -2.42. The average molecular weight is 310 g/mol. The Hall–Kier alpha value is -2.69. The van der Waals surface area contributed by atoms with Crippen molar-refractivity contribution < 1.29 is 14.4 Å². The largest absolute Gasteiger partial charge is 0.294 e. The summed E-state index contributed by atoms with van der Waals surface area (Å²) in [5.74, 6) is -0.554. The Morgan fingerprint density at radius 3 is 2.39 bits per heavy atom. The van der Waals surface area contributed by atoms with Crippen LogP contribution in [-0.4, -0.2) is 17.6 Å². The Balaban J connectivity index is 1.51. The minimum atomic E-state index is -0.354. The highest BCUT2D eigenvalue weighted by Crippen LogP contribution is 2.28. The predicted molar refractivity (Wildman–Crippen MR) is 86.5 cm³/mol. The van der Waals surface area contributed by atoms with Gasteiger partial charge in [-0.25, -0.2) is 0 Å². The Morgan fingerprint density at radius 2 is 1.65 bits per heavy atom. The number of hydrogen-bond donors (Lipinski definition) is 2. The summed E-state index contributed by atoms with van der Waals surface area (Å²) in [4.78, 5) is 35.2. The van der Waals surface area contributed by atoms with Crippen LogP contribution in [0.3, 0.4) is 0 Å². The molecule has 1 aliphatic rings. The number of ketones is 1. The van der Waals surface area contributed by atoms with E-state index in [1.165, 1.54) is 0 Å². The number of fused-ring (bicyclic) bond motifs is 1. The van der Waals surface area contributed by atoms with E-state index >= 15 is 0 Å². The van der Waals surface area contributed by atoms with Crippen LogP contribution in [0.15, 0.2) is 42.5 Å². The van der Waals surface area contributed by atoms with Crippen molar-refractivity contribution >= 4 is 28.4 Å². The van der Waals surface area contributed by atoms with E-state index in [2.05, 4.69) is 10.9 Å². The summed E-state index contributed by atoms with van der Waals surface area (Å²) in [5, 5.41) is 2.07. The van der Waals surface area contributed by atoms with Crippen LogP contribution in [0, 0.1) is 5.92 Å². The molecule has 0 radical (unpaired) electrons. The van der Waals surface area contributed by atoms with Gasteiger partial charge in [-0.1, -0.05) is 36.4 Å². The van der Waals surface area contributed by atoms with Crippen molar-refractivity contribution in [3.05, 3.63) is 48.0 Å². The zero-order valence-corrected chi connectivity index (χ0v) is 12.7. The van der Waals surface area contributed by atoms with Crippen LogP contribution in [0.2, 0.25) is 0 Å². The zero-order valence-electron chi connectivity index (χ0n) is 12.7. The molecule has 1 aliphatic carbocycles. The first-order valence-corrected chi connectivity index (χ1v) is 7.74. The minimum absolute atomic E-state index is 0.0366. The zero-order chi connectivity index (χ0) is 16.2. The lowest BCUT2D eigenvalue weighted by molar-refractivity contribution is -0.129. The van der Waals surface area contributed by atoms with E-state index in [-0.39, 0.29) is 36.4 Å².